The molecule has 1 fully saturated rings. The Morgan fingerprint density at radius 2 is 1.76 bits per heavy atom. The zero-order valence-corrected chi connectivity index (χ0v) is 18.3. The first-order chi connectivity index (χ1) is 13.7. The summed E-state index contributed by atoms with van der Waals surface area (Å²) in [6, 6.07) is 15.4. The van der Waals surface area contributed by atoms with Crippen molar-refractivity contribution < 1.29 is 13.2 Å². The van der Waals surface area contributed by atoms with Gasteiger partial charge in [0.15, 0.2) is 0 Å². The van der Waals surface area contributed by atoms with Crippen LogP contribution in [0.25, 0.3) is 0 Å². The average molecular weight is 415 g/mol. The van der Waals surface area contributed by atoms with E-state index in [0.717, 1.165) is 36.2 Å². The molecule has 0 unspecified atom stereocenters. The third-order valence-electron chi connectivity index (χ3n) is 6.01. The number of amides is 1. The smallest absolute Gasteiger partial charge is 0.253 e. The van der Waals surface area contributed by atoms with Gasteiger partial charge in [-0.2, -0.15) is 0 Å². The van der Waals surface area contributed by atoms with E-state index in [-0.39, 0.29) is 11.3 Å². The number of carbonyl (C=O) groups is 1. The fourth-order valence-corrected chi connectivity index (χ4v) is 4.75. The lowest BCUT2D eigenvalue weighted by molar-refractivity contribution is 0.0937. The molecule has 2 aromatic rings. The van der Waals surface area contributed by atoms with Crippen molar-refractivity contribution in [3.63, 3.8) is 0 Å². The predicted octanol–water partition coefficient (Wildman–Crippen LogP) is 4.02. The second-order valence-corrected chi connectivity index (χ2v) is 10.2. The Morgan fingerprint density at radius 1 is 1.07 bits per heavy atom. The molecule has 29 heavy (non-hydrogen) atoms. The van der Waals surface area contributed by atoms with Crippen molar-refractivity contribution in [1.29, 1.82) is 0 Å². The van der Waals surface area contributed by atoms with Crippen LogP contribution in [0.15, 0.2) is 48.5 Å². The van der Waals surface area contributed by atoms with Gasteiger partial charge in [0.1, 0.15) is 0 Å². The van der Waals surface area contributed by atoms with Gasteiger partial charge in [0.25, 0.3) is 5.91 Å². The molecule has 1 aliphatic rings. The average Bonchev–Trinajstić information content (AvgIpc) is 2.71. The van der Waals surface area contributed by atoms with E-state index in [9.17, 15) is 13.2 Å². The third kappa shape index (κ3) is 4.81. The van der Waals surface area contributed by atoms with E-state index in [1.165, 1.54) is 24.6 Å². The van der Waals surface area contributed by atoms with Gasteiger partial charge in [-0.25, -0.2) is 8.42 Å². The molecule has 0 saturated heterocycles. The maximum atomic E-state index is 13.0. The number of nitrogens with one attached hydrogen (secondary N) is 1. The molecule has 0 spiro atoms. The van der Waals surface area contributed by atoms with Gasteiger partial charge in [-0.3, -0.25) is 9.10 Å². The minimum Gasteiger partial charge on any atom is -0.351 e. The number of nitrogens with zero attached hydrogens (tertiary/aromatic N) is 1. The van der Waals surface area contributed by atoms with Crippen molar-refractivity contribution in [3.8, 4) is 0 Å². The summed E-state index contributed by atoms with van der Waals surface area (Å²) in [5.41, 5.74) is 3.19. The summed E-state index contributed by atoms with van der Waals surface area (Å²) in [7, 11) is -1.98. The Hall–Kier alpha value is -2.34. The maximum absolute atomic E-state index is 13.0. The summed E-state index contributed by atoms with van der Waals surface area (Å²) < 4.78 is 25.1. The molecule has 5 nitrogen and oxygen atoms in total. The Bertz CT molecular complexity index is 979. The first-order valence-electron chi connectivity index (χ1n) is 10.1. The molecule has 0 aliphatic heterocycles. The fraction of sp³-hybridized carbons (Fsp3) is 0.435. The summed E-state index contributed by atoms with van der Waals surface area (Å²) in [4.78, 5) is 13.0. The number of sulfonamides is 1. The van der Waals surface area contributed by atoms with Crippen LogP contribution >= 0.6 is 0 Å². The van der Waals surface area contributed by atoms with E-state index in [1.54, 1.807) is 24.3 Å². The molecule has 1 aliphatic carbocycles. The Labute approximate surface area is 174 Å². The number of rotatable bonds is 6. The van der Waals surface area contributed by atoms with Crippen LogP contribution in [-0.2, 0) is 15.4 Å². The standard InChI is InChI=1S/C23H30N2O3S/c1-18-10-9-11-19(16-18)23(14-7-4-8-15-23)17-24-22(26)20-12-5-6-13-21(20)25(2)29(3,27)28/h5-6,9-13,16H,4,7-8,14-15,17H2,1-3H3,(H,24,26). The zero-order valence-electron chi connectivity index (χ0n) is 17.4. The zero-order chi connectivity index (χ0) is 21.1. The lowest BCUT2D eigenvalue weighted by Crippen LogP contribution is -2.42. The molecule has 0 atom stereocenters. The highest BCUT2D eigenvalue weighted by molar-refractivity contribution is 7.92. The van der Waals surface area contributed by atoms with Gasteiger partial charge >= 0.3 is 0 Å². The van der Waals surface area contributed by atoms with Gasteiger partial charge in [-0.1, -0.05) is 61.2 Å². The second kappa shape index (κ2) is 8.57. The number of benzene rings is 2. The van der Waals surface area contributed by atoms with Crippen LogP contribution in [0.5, 0.6) is 0 Å². The van der Waals surface area contributed by atoms with E-state index in [1.807, 2.05) is 0 Å². The molecule has 156 valence electrons. The number of anilines is 1. The van der Waals surface area contributed by atoms with Crippen molar-refractivity contribution in [2.45, 2.75) is 44.4 Å². The molecule has 1 amide bonds. The molecule has 2 aromatic carbocycles. The topological polar surface area (TPSA) is 66.5 Å². The third-order valence-corrected chi connectivity index (χ3v) is 7.21. The van der Waals surface area contributed by atoms with Gasteiger partial charge in [0.2, 0.25) is 10.0 Å². The number of hydrogen-bond donors (Lipinski definition) is 1. The Kier molecular flexibility index (Phi) is 6.32. The van der Waals surface area contributed by atoms with E-state index >= 15 is 0 Å². The van der Waals surface area contributed by atoms with Crippen molar-refractivity contribution in [3.05, 3.63) is 65.2 Å². The fourth-order valence-electron chi connectivity index (χ4n) is 4.23. The van der Waals surface area contributed by atoms with Gasteiger partial charge in [0, 0.05) is 19.0 Å². The lowest BCUT2D eigenvalue weighted by Gasteiger charge is -2.38. The molecule has 0 bridgehead atoms. The summed E-state index contributed by atoms with van der Waals surface area (Å²) >= 11 is 0. The molecule has 0 aromatic heterocycles. The summed E-state index contributed by atoms with van der Waals surface area (Å²) in [6.07, 6.45) is 6.75. The summed E-state index contributed by atoms with van der Waals surface area (Å²) in [5.74, 6) is -0.242. The molecule has 0 heterocycles. The van der Waals surface area contributed by atoms with Crippen LogP contribution < -0.4 is 9.62 Å². The van der Waals surface area contributed by atoms with Crippen LogP contribution in [0, 0.1) is 6.92 Å². The van der Waals surface area contributed by atoms with E-state index in [4.69, 9.17) is 0 Å². The van der Waals surface area contributed by atoms with Gasteiger partial charge in [-0.15, -0.1) is 0 Å². The largest absolute Gasteiger partial charge is 0.351 e. The van der Waals surface area contributed by atoms with Crippen LogP contribution in [0.1, 0.15) is 53.6 Å². The molecular weight excluding hydrogens is 384 g/mol. The van der Waals surface area contributed by atoms with E-state index in [0.29, 0.717) is 17.8 Å². The number of carbonyl (C=O) groups excluding carboxylic acids is 1. The van der Waals surface area contributed by atoms with Crippen molar-refractivity contribution >= 4 is 21.6 Å². The highest BCUT2D eigenvalue weighted by Gasteiger charge is 2.34. The van der Waals surface area contributed by atoms with E-state index in [2.05, 4.69) is 36.5 Å². The summed E-state index contributed by atoms with van der Waals surface area (Å²) in [6.45, 7) is 2.64. The molecule has 3 rings (SSSR count). The number of aryl methyl sites for hydroxylation is 1. The quantitative estimate of drug-likeness (QED) is 0.776. The molecular formula is C23H30N2O3S. The van der Waals surface area contributed by atoms with Crippen LogP contribution in [0.4, 0.5) is 5.69 Å². The highest BCUT2D eigenvalue weighted by Crippen LogP contribution is 2.39. The molecule has 1 N–H and O–H groups in total. The van der Waals surface area contributed by atoms with Gasteiger partial charge in [-0.05, 0) is 37.5 Å². The Balaban J connectivity index is 1.85. The molecule has 0 radical (unpaired) electrons. The predicted molar refractivity (Wildman–Crippen MR) is 118 cm³/mol. The first kappa shape index (κ1) is 21.4. The second-order valence-electron chi connectivity index (χ2n) is 8.14. The van der Waals surface area contributed by atoms with Crippen LogP contribution in [0.2, 0.25) is 0 Å². The SMILES string of the molecule is Cc1cccc(C2(CNC(=O)c3ccccc3N(C)S(C)(=O)=O)CCCCC2)c1. The normalized spacial score (nSPS) is 16.2. The van der Waals surface area contributed by atoms with Crippen molar-refractivity contribution in [2.75, 3.05) is 24.2 Å². The van der Waals surface area contributed by atoms with Gasteiger partial charge in [0.05, 0.1) is 17.5 Å². The van der Waals surface area contributed by atoms with E-state index < -0.39 is 10.0 Å². The maximum Gasteiger partial charge on any atom is 0.253 e. The first-order valence-corrected chi connectivity index (χ1v) is 12.0. The number of para-hydroxylation sites is 1. The van der Waals surface area contributed by atoms with Crippen LogP contribution in [0.3, 0.4) is 0 Å². The van der Waals surface area contributed by atoms with Crippen molar-refractivity contribution in [2.24, 2.45) is 0 Å². The monoisotopic (exact) mass is 414 g/mol. The summed E-state index contributed by atoms with van der Waals surface area (Å²) in [5, 5.41) is 3.11. The van der Waals surface area contributed by atoms with Crippen LogP contribution in [-0.4, -0.2) is 34.2 Å². The lowest BCUT2D eigenvalue weighted by atomic mass is 9.69. The highest BCUT2D eigenvalue weighted by atomic mass is 32.2. The Morgan fingerprint density at radius 3 is 2.41 bits per heavy atom. The molecule has 1 saturated carbocycles. The minimum atomic E-state index is -3.45. The van der Waals surface area contributed by atoms with Crippen molar-refractivity contribution in [1.82, 2.24) is 5.32 Å². The number of hydrogen-bond acceptors (Lipinski definition) is 3. The minimum absolute atomic E-state index is 0.0718. The van der Waals surface area contributed by atoms with Gasteiger partial charge < -0.3 is 5.32 Å². The molecule has 6 heteroatoms.